The molecule has 3 nitrogen and oxygen atoms in total. The molecule has 0 aromatic heterocycles. The molecule has 19 heavy (non-hydrogen) atoms. The molecular formula is C14H14F2N2O. The van der Waals surface area contributed by atoms with Crippen LogP contribution in [-0.2, 0) is 0 Å². The number of nitrogens with zero attached hydrogens (tertiary/aromatic N) is 2. The average molecular weight is 264 g/mol. The summed E-state index contributed by atoms with van der Waals surface area (Å²) in [5, 5.41) is 0. The largest absolute Gasteiger partial charge is 0.336 e. The van der Waals surface area contributed by atoms with Gasteiger partial charge in [-0.15, -0.1) is 6.42 Å². The van der Waals surface area contributed by atoms with Crippen molar-refractivity contribution in [3.63, 3.8) is 0 Å². The van der Waals surface area contributed by atoms with Crippen molar-refractivity contribution in [2.75, 3.05) is 32.7 Å². The molecule has 5 heteroatoms. The first kappa shape index (κ1) is 13.5. The van der Waals surface area contributed by atoms with Crippen LogP contribution in [0.1, 0.15) is 10.4 Å². The second-order valence-corrected chi connectivity index (χ2v) is 4.37. The fraction of sp³-hybridized carbons (Fsp3) is 0.357. The Morgan fingerprint density at radius 1 is 1.26 bits per heavy atom. The van der Waals surface area contributed by atoms with Crippen LogP contribution >= 0.6 is 0 Å². The minimum atomic E-state index is -1.08. The van der Waals surface area contributed by atoms with Crippen molar-refractivity contribution in [1.29, 1.82) is 0 Å². The van der Waals surface area contributed by atoms with Crippen molar-refractivity contribution >= 4 is 5.91 Å². The third kappa shape index (κ3) is 2.91. The van der Waals surface area contributed by atoms with Crippen molar-refractivity contribution in [3.05, 3.63) is 35.4 Å². The van der Waals surface area contributed by atoms with Crippen LogP contribution in [0.2, 0.25) is 0 Å². The van der Waals surface area contributed by atoms with E-state index in [1.54, 1.807) is 0 Å². The van der Waals surface area contributed by atoms with E-state index in [0.29, 0.717) is 32.7 Å². The molecule has 0 unspecified atom stereocenters. The number of rotatable bonds is 2. The average Bonchev–Trinajstić information content (AvgIpc) is 2.42. The van der Waals surface area contributed by atoms with E-state index < -0.39 is 17.5 Å². The predicted molar refractivity (Wildman–Crippen MR) is 67.5 cm³/mol. The lowest BCUT2D eigenvalue weighted by atomic mass is 10.1. The molecule has 1 aliphatic heterocycles. The Bertz CT molecular complexity index is 517. The molecule has 100 valence electrons. The van der Waals surface area contributed by atoms with Crippen molar-refractivity contribution in [2.45, 2.75) is 0 Å². The summed E-state index contributed by atoms with van der Waals surface area (Å²) in [7, 11) is 0. The van der Waals surface area contributed by atoms with Gasteiger partial charge in [0.15, 0.2) is 11.6 Å². The first-order valence-corrected chi connectivity index (χ1v) is 6.02. The fourth-order valence-corrected chi connectivity index (χ4v) is 2.08. The van der Waals surface area contributed by atoms with Gasteiger partial charge in [0, 0.05) is 26.2 Å². The third-order valence-corrected chi connectivity index (χ3v) is 3.16. The molecule has 0 atom stereocenters. The summed E-state index contributed by atoms with van der Waals surface area (Å²) < 4.78 is 26.6. The maximum Gasteiger partial charge on any atom is 0.257 e. The van der Waals surface area contributed by atoms with E-state index in [1.807, 2.05) is 4.90 Å². The number of carbonyl (C=O) groups excluding carboxylic acids is 1. The van der Waals surface area contributed by atoms with Crippen LogP contribution in [0.3, 0.4) is 0 Å². The summed E-state index contributed by atoms with van der Waals surface area (Å²) in [4.78, 5) is 15.6. The van der Waals surface area contributed by atoms with Crippen LogP contribution in [0.4, 0.5) is 8.78 Å². The van der Waals surface area contributed by atoms with E-state index in [9.17, 15) is 13.6 Å². The molecule has 1 aromatic carbocycles. The highest BCUT2D eigenvalue weighted by Crippen LogP contribution is 2.15. The van der Waals surface area contributed by atoms with Gasteiger partial charge in [0.05, 0.1) is 12.1 Å². The van der Waals surface area contributed by atoms with Gasteiger partial charge in [-0.05, 0) is 12.1 Å². The monoisotopic (exact) mass is 264 g/mol. The fourth-order valence-electron chi connectivity index (χ4n) is 2.08. The number of hydrogen-bond donors (Lipinski definition) is 0. The second-order valence-electron chi connectivity index (χ2n) is 4.37. The maximum absolute atomic E-state index is 13.5. The highest BCUT2D eigenvalue weighted by Gasteiger charge is 2.24. The standard InChI is InChI=1S/C14H14F2N2O/c1-2-6-17-7-9-18(10-8-17)14(19)11-4-3-5-12(15)13(11)16/h1,3-5H,6-10H2. The molecule has 2 rings (SSSR count). The van der Waals surface area contributed by atoms with Gasteiger partial charge in [-0.2, -0.15) is 0 Å². The lowest BCUT2D eigenvalue weighted by molar-refractivity contribution is 0.0646. The van der Waals surface area contributed by atoms with Crippen molar-refractivity contribution < 1.29 is 13.6 Å². The van der Waals surface area contributed by atoms with Crippen LogP contribution in [-0.4, -0.2) is 48.4 Å². The molecule has 1 aliphatic rings. The first-order valence-electron chi connectivity index (χ1n) is 6.02. The number of benzene rings is 1. The molecule has 1 fully saturated rings. The SMILES string of the molecule is C#CCN1CCN(C(=O)c2cccc(F)c2F)CC1. The zero-order valence-corrected chi connectivity index (χ0v) is 10.4. The number of amides is 1. The summed E-state index contributed by atoms with van der Waals surface area (Å²) in [5.74, 6) is -0.0197. The molecule has 0 radical (unpaired) electrons. The minimum absolute atomic E-state index is 0.217. The van der Waals surface area contributed by atoms with Gasteiger partial charge in [0.25, 0.3) is 5.91 Å². The van der Waals surface area contributed by atoms with E-state index in [0.717, 1.165) is 6.07 Å². The van der Waals surface area contributed by atoms with Crippen molar-refractivity contribution in [2.24, 2.45) is 0 Å². The normalized spacial score (nSPS) is 16.2. The Kier molecular flexibility index (Phi) is 4.13. The summed E-state index contributed by atoms with van der Waals surface area (Å²) in [6.45, 7) is 2.77. The quantitative estimate of drug-likeness (QED) is 0.753. The molecule has 1 aromatic rings. The molecule has 1 heterocycles. The van der Waals surface area contributed by atoms with Crippen LogP contribution in [0.5, 0.6) is 0 Å². The Morgan fingerprint density at radius 3 is 2.58 bits per heavy atom. The molecule has 1 amide bonds. The van der Waals surface area contributed by atoms with Gasteiger partial charge in [-0.1, -0.05) is 12.0 Å². The Morgan fingerprint density at radius 2 is 1.95 bits per heavy atom. The summed E-state index contributed by atoms with van der Waals surface area (Å²) in [6.07, 6.45) is 5.22. The number of piperazine rings is 1. The van der Waals surface area contributed by atoms with Crippen LogP contribution in [0, 0.1) is 24.0 Å². The van der Waals surface area contributed by atoms with Gasteiger partial charge < -0.3 is 4.90 Å². The lowest BCUT2D eigenvalue weighted by Gasteiger charge is -2.33. The molecule has 0 bridgehead atoms. The number of hydrogen-bond acceptors (Lipinski definition) is 2. The first-order chi connectivity index (χ1) is 9.13. The van der Waals surface area contributed by atoms with E-state index in [-0.39, 0.29) is 5.56 Å². The van der Waals surface area contributed by atoms with E-state index in [1.165, 1.54) is 17.0 Å². The molecule has 0 saturated carbocycles. The van der Waals surface area contributed by atoms with Crippen LogP contribution in [0.15, 0.2) is 18.2 Å². The Balaban J connectivity index is 2.06. The highest BCUT2D eigenvalue weighted by atomic mass is 19.2. The molecule has 0 N–H and O–H groups in total. The molecule has 1 saturated heterocycles. The molecular weight excluding hydrogens is 250 g/mol. The Labute approximate surface area is 110 Å². The molecule has 0 aliphatic carbocycles. The van der Waals surface area contributed by atoms with E-state index in [4.69, 9.17) is 6.42 Å². The van der Waals surface area contributed by atoms with E-state index in [2.05, 4.69) is 5.92 Å². The van der Waals surface area contributed by atoms with Gasteiger partial charge in [0.1, 0.15) is 0 Å². The smallest absolute Gasteiger partial charge is 0.257 e. The minimum Gasteiger partial charge on any atom is -0.336 e. The zero-order valence-electron chi connectivity index (χ0n) is 10.4. The van der Waals surface area contributed by atoms with E-state index >= 15 is 0 Å². The number of halogens is 2. The summed E-state index contributed by atoms with van der Waals surface area (Å²) in [6, 6.07) is 3.63. The van der Waals surface area contributed by atoms with Gasteiger partial charge in [0.2, 0.25) is 0 Å². The lowest BCUT2D eigenvalue weighted by Crippen LogP contribution is -2.48. The third-order valence-electron chi connectivity index (χ3n) is 3.16. The van der Waals surface area contributed by atoms with Crippen molar-refractivity contribution in [3.8, 4) is 12.3 Å². The Hall–Kier alpha value is -1.93. The summed E-state index contributed by atoms with van der Waals surface area (Å²) >= 11 is 0. The maximum atomic E-state index is 13.5. The van der Waals surface area contributed by atoms with Crippen molar-refractivity contribution in [1.82, 2.24) is 9.80 Å². The summed E-state index contributed by atoms with van der Waals surface area (Å²) in [5.41, 5.74) is -0.217. The van der Waals surface area contributed by atoms with Gasteiger partial charge >= 0.3 is 0 Å². The number of carbonyl (C=O) groups is 1. The van der Waals surface area contributed by atoms with Gasteiger partial charge in [-0.3, -0.25) is 9.69 Å². The van der Waals surface area contributed by atoms with Crippen LogP contribution in [0.25, 0.3) is 0 Å². The highest BCUT2D eigenvalue weighted by molar-refractivity contribution is 5.94. The topological polar surface area (TPSA) is 23.6 Å². The molecule has 0 spiro atoms. The predicted octanol–water partition coefficient (Wildman–Crippen LogP) is 1.36. The van der Waals surface area contributed by atoms with Gasteiger partial charge in [-0.25, -0.2) is 8.78 Å². The zero-order chi connectivity index (χ0) is 13.8. The second kappa shape index (κ2) is 5.81. The van der Waals surface area contributed by atoms with Crippen LogP contribution < -0.4 is 0 Å². The number of terminal acetylenes is 1.